The predicted molar refractivity (Wildman–Crippen MR) is 94.9 cm³/mol. The van der Waals surface area contributed by atoms with Gasteiger partial charge in [-0.2, -0.15) is 0 Å². The Kier molecular flexibility index (Phi) is 5.38. The largest absolute Gasteiger partial charge is 0.450 e. The Morgan fingerprint density at radius 1 is 1.12 bits per heavy atom. The van der Waals surface area contributed by atoms with Crippen LogP contribution in [0.25, 0.3) is 5.69 Å². The second-order valence-electron chi connectivity index (χ2n) is 6.07. The van der Waals surface area contributed by atoms with Crippen molar-refractivity contribution in [3.63, 3.8) is 0 Å². The molecule has 0 unspecified atom stereocenters. The van der Waals surface area contributed by atoms with Crippen molar-refractivity contribution >= 4 is 12.0 Å². The highest BCUT2D eigenvalue weighted by Crippen LogP contribution is 2.16. The summed E-state index contributed by atoms with van der Waals surface area (Å²) in [5.74, 6) is 0.0358. The second kappa shape index (κ2) is 7.88. The van der Waals surface area contributed by atoms with Gasteiger partial charge in [-0.05, 0) is 56.2 Å². The maximum absolute atomic E-state index is 12.6. The highest BCUT2D eigenvalue weighted by atomic mass is 16.5. The van der Waals surface area contributed by atoms with Gasteiger partial charge in [0.25, 0.3) is 5.91 Å². The molecule has 1 aliphatic heterocycles. The van der Waals surface area contributed by atoms with Gasteiger partial charge in [-0.3, -0.25) is 4.79 Å². The number of amides is 2. The van der Waals surface area contributed by atoms with Gasteiger partial charge >= 0.3 is 6.09 Å². The van der Waals surface area contributed by atoms with E-state index >= 15 is 0 Å². The normalized spacial score (nSPS) is 15.0. The number of ether oxygens (including phenoxy) is 1. The van der Waals surface area contributed by atoms with Gasteiger partial charge in [0, 0.05) is 42.8 Å². The zero-order valence-electron chi connectivity index (χ0n) is 14.4. The summed E-state index contributed by atoms with van der Waals surface area (Å²) in [6, 6.07) is 11.6. The van der Waals surface area contributed by atoms with E-state index in [4.69, 9.17) is 4.74 Å². The molecule has 0 atom stereocenters. The molecule has 2 amide bonds. The van der Waals surface area contributed by atoms with Crippen LogP contribution < -0.4 is 5.32 Å². The Morgan fingerprint density at radius 3 is 2.36 bits per heavy atom. The number of nitrogens with one attached hydrogen (secondary N) is 1. The third-order valence-corrected chi connectivity index (χ3v) is 4.40. The number of nitrogens with zero attached hydrogens (tertiary/aromatic N) is 2. The molecule has 6 nitrogen and oxygen atoms in total. The third kappa shape index (κ3) is 4.21. The lowest BCUT2D eigenvalue weighted by Gasteiger charge is -2.32. The Morgan fingerprint density at radius 2 is 1.76 bits per heavy atom. The summed E-state index contributed by atoms with van der Waals surface area (Å²) in [4.78, 5) is 25.9. The Bertz CT molecular complexity index is 702. The summed E-state index contributed by atoms with van der Waals surface area (Å²) in [5.41, 5.74) is 1.71. The van der Waals surface area contributed by atoms with E-state index in [-0.39, 0.29) is 18.0 Å². The molecular weight excluding hydrogens is 318 g/mol. The summed E-state index contributed by atoms with van der Waals surface area (Å²) < 4.78 is 6.90. The fourth-order valence-electron chi connectivity index (χ4n) is 3.03. The number of carbonyl (C=O) groups is 2. The number of piperidine rings is 1. The highest BCUT2D eigenvalue weighted by molar-refractivity contribution is 5.94. The van der Waals surface area contributed by atoms with E-state index in [1.807, 2.05) is 58.3 Å². The maximum atomic E-state index is 12.6. The first kappa shape index (κ1) is 17.1. The lowest BCUT2D eigenvalue weighted by atomic mass is 10.0. The standard InChI is InChI=1S/C19H23N3O3/c1-2-25-19(24)20-16-9-13-22(14-10-16)18(23)15-5-7-17(8-6-15)21-11-3-4-12-21/h3-8,11-12,16H,2,9-10,13-14H2,1H3,(H,20,24). The molecule has 132 valence electrons. The lowest BCUT2D eigenvalue weighted by Crippen LogP contribution is -2.46. The fourth-order valence-corrected chi connectivity index (χ4v) is 3.03. The summed E-state index contributed by atoms with van der Waals surface area (Å²) in [6.07, 6.45) is 5.04. The van der Waals surface area contributed by atoms with E-state index in [0.717, 1.165) is 18.5 Å². The highest BCUT2D eigenvalue weighted by Gasteiger charge is 2.24. The second-order valence-corrected chi connectivity index (χ2v) is 6.07. The van der Waals surface area contributed by atoms with Crippen molar-refractivity contribution in [2.75, 3.05) is 19.7 Å². The number of hydrogen-bond acceptors (Lipinski definition) is 3. The van der Waals surface area contributed by atoms with Gasteiger partial charge in [-0.1, -0.05) is 0 Å². The lowest BCUT2D eigenvalue weighted by molar-refractivity contribution is 0.0702. The van der Waals surface area contributed by atoms with Crippen LogP contribution in [0, 0.1) is 0 Å². The van der Waals surface area contributed by atoms with Crippen molar-refractivity contribution in [1.29, 1.82) is 0 Å². The van der Waals surface area contributed by atoms with Crippen molar-refractivity contribution < 1.29 is 14.3 Å². The minimum Gasteiger partial charge on any atom is -0.450 e. The Balaban J connectivity index is 1.55. The van der Waals surface area contributed by atoms with Gasteiger partial charge < -0.3 is 19.5 Å². The molecule has 6 heteroatoms. The molecule has 1 saturated heterocycles. The van der Waals surface area contributed by atoms with Crippen molar-refractivity contribution in [2.24, 2.45) is 0 Å². The molecule has 1 N–H and O–H groups in total. The van der Waals surface area contributed by atoms with E-state index in [0.29, 0.717) is 25.3 Å². The van der Waals surface area contributed by atoms with Gasteiger partial charge in [0.15, 0.2) is 0 Å². The van der Waals surface area contributed by atoms with Crippen molar-refractivity contribution in [1.82, 2.24) is 14.8 Å². The molecule has 0 radical (unpaired) electrons. The van der Waals surface area contributed by atoms with Crippen molar-refractivity contribution in [2.45, 2.75) is 25.8 Å². The fraction of sp³-hybridized carbons (Fsp3) is 0.368. The summed E-state index contributed by atoms with van der Waals surface area (Å²) in [6.45, 7) is 3.41. The average molecular weight is 341 g/mol. The van der Waals surface area contributed by atoms with E-state index in [1.54, 1.807) is 6.92 Å². The maximum Gasteiger partial charge on any atom is 0.407 e. The molecule has 1 aromatic heterocycles. The molecule has 0 spiro atoms. The van der Waals surface area contributed by atoms with Gasteiger partial charge in [0.2, 0.25) is 0 Å². The number of aromatic nitrogens is 1. The number of likely N-dealkylation sites (tertiary alicyclic amines) is 1. The van der Waals surface area contributed by atoms with Crippen LogP contribution in [-0.2, 0) is 4.74 Å². The zero-order valence-corrected chi connectivity index (χ0v) is 14.4. The monoisotopic (exact) mass is 341 g/mol. The van der Waals surface area contributed by atoms with Gasteiger partial charge in [0.05, 0.1) is 6.61 Å². The van der Waals surface area contributed by atoms with E-state index in [2.05, 4.69) is 5.32 Å². The van der Waals surface area contributed by atoms with Crippen LogP contribution in [-0.4, -0.2) is 47.2 Å². The van der Waals surface area contributed by atoms with Crippen LogP contribution in [0.15, 0.2) is 48.8 Å². The molecule has 3 rings (SSSR count). The summed E-state index contributed by atoms with van der Waals surface area (Å²) in [7, 11) is 0. The number of carbonyl (C=O) groups excluding carboxylic acids is 2. The molecule has 1 aromatic carbocycles. The third-order valence-electron chi connectivity index (χ3n) is 4.40. The molecule has 2 heterocycles. The van der Waals surface area contributed by atoms with Gasteiger partial charge in [-0.15, -0.1) is 0 Å². The molecule has 0 aliphatic carbocycles. The molecule has 25 heavy (non-hydrogen) atoms. The SMILES string of the molecule is CCOC(=O)NC1CCN(C(=O)c2ccc(-n3cccc3)cc2)CC1. The van der Waals surface area contributed by atoms with Gasteiger partial charge in [0.1, 0.15) is 0 Å². The van der Waals surface area contributed by atoms with Crippen LogP contribution in [0.5, 0.6) is 0 Å². The van der Waals surface area contributed by atoms with E-state index in [9.17, 15) is 9.59 Å². The molecule has 1 fully saturated rings. The Labute approximate surface area is 147 Å². The Hall–Kier alpha value is -2.76. The first-order chi connectivity index (χ1) is 12.2. The smallest absolute Gasteiger partial charge is 0.407 e. The molecule has 1 aliphatic rings. The quantitative estimate of drug-likeness (QED) is 0.930. The topological polar surface area (TPSA) is 63.6 Å². The van der Waals surface area contributed by atoms with Crippen LogP contribution in [0.4, 0.5) is 4.79 Å². The van der Waals surface area contributed by atoms with E-state index in [1.165, 1.54) is 0 Å². The predicted octanol–water partition coefficient (Wildman–Crippen LogP) is 2.83. The molecule has 0 saturated carbocycles. The zero-order chi connectivity index (χ0) is 17.6. The average Bonchev–Trinajstić information content (AvgIpc) is 3.17. The molecular formula is C19H23N3O3. The first-order valence-corrected chi connectivity index (χ1v) is 8.63. The summed E-state index contributed by atoms with van der Waals surface area (Å²) in [5, 5.41) is 2.84. The van der Waals surface area contributed by atoms with Crippen molar-refractivity contribution in [3.05, 3.63) is 54.4 Å². The van der Waals surface area contributed by atoms with Crippen LogP contribution >= 0.6 is 0 Å². The van der Waals surface area contributed by atoms with Crippen molar-refractivity contribution in [3.8, 4) is 5.69 Å². The molecule has 2 aromatic rings. The van der Waals surface area contributed by atoms with Crippen LogP contribution in [0.3, 0.4) is 0 Å². The van der Waals surface area contributed by atoms with E-state index < -0.39 is 0 Å². The summed E-state index contributed by atoms with van der Waals surface area (Å²) >= 11 is 0. The first-order valence-electron chi connectivity index (χ1n) is 8.63. The number of hydrogen-bond donors (Lipinski definition) is 1. The number of rotatable bonds is 4. The minimum absolute atomic E-state index is 0.0358. The molecule has 0 bridgehead atoms. The van der Waals surface area contributed by atoms with Crippen LogP contribution in [0.2, 0.25) is 0 Å². The minimum atomic E-state index is -0.382. The van der Waals surface area contributed by atoms with Crippen LogP contribution in [0.1, 0.15) is 30.1 Å². The van der Waals surface area contributed by atoms with Gasteiger partial charge in [-0.25, -0.2) is 4.79 Å². The number of alkyl carbamates (subject to hydrolysis) is 1. The number of benzene rings is 1.